The number of hydrogen-bond acceptors (Lipinski definition) is 3. The number of fused-ring (bicyclic) bond motifs is 1. The van der Waals surface area contributed by atoms with Crippen LogP contribution in [-0.2, 0) is 18.0 Å². The lowest BCUT2D eigenvalue weighted by molar-refractivity contribution is 0.142. The Bertz CT molecular complexity index is 1040. The van der Waals surface area contributed by atoms with Crippen molar-refractivity contribution in [3.63, 3.8) is 0 Å². The average molecular weight is 357 g/mol. The summed E-state index contributed by atoms with van der Waals surface area (Å²) in [4.78, 5) is 12.5. The van der Waals surface area contributed by atoms with Gasteiger partial charge in [0.05, 0.1) is 5.52 Å². The first kappa shape index (κ1) is 16.9. The van der Waals surface area contributed by atoms with E-state index in [1.54, 1.807) is 6.20 Å². The van der Waals surface area contributed by atoms with E-state index in [4.69, 9.17) is 9.47 Å². The SMILES string of the molecule is O=C(OCc1ccccc1)n1ccc2c(OCc3ccccc3)cccc21. The molecule has 0 saturated carbocycles. The number of benzene rings is 3. The van der Waals surface area contributed by atoms with Crippen LogP contribution in [0.5, 0.6) is 5.75 Å². The van der Waals surface area contributed by atoms with E-state index in [1.165, 1.54) is 4.57 Å². The predicted molar refractivity (Wildman–Crippen MR) is 105 cm³/mol. The molecule has 134 valence electrons. The second-order valence-corrected chi connectivity index (χ2v) is 6.19. The van der Waals surface area contributed by atoms with Crippen molar-refractivity contribution in [3.05, 3.63) is 102 Å². The van der Waals surface area contributed by atoms with Crippen LogP contribution < -0.4 is 4.74 Å². The fourth-order valence-corrected chi connectivity index (χ4v) is 2.95. The van der Waals surface area contributed by atoms with Crippen LogP contribution in [0.4, 0.5) is 4.79 Å². The van der Waals surface area contributed by atoms with Crippen LogP contribution in [-0.4, -0.2) is 10.7 Å². The van der Waals surface area contributed by atoms with Crippen LogP contribution in [0.25, 0.3) is 10.9 Å². The van der Waals surface area contributed by atoms with Gasteiger partial charge in [-0.05, 0) is 29.3 Å². The van der Waals surface area contributed by atoms with Crippen molar-refractivity contribution < 1.29 is 14.3 Å². The lowest BCUT2D eigenvalue weighted by Crippen LogP contribution is -2.12. The summed E-state index contributed by atoms with van der Waals surface area (Å²) in [5.41, 5.74) is 2.81. The Morgan fingerprint density at radius 2 is 1.41 bits per heavy atom. The molecular formula is C23H19NO3. The number of aromatic nitrogens is 1. The van der Waals surface area contributed by atoms with Gasteiger partial charge in [0.1, 0.15) is 19.0 Å². The number of ether oxygens (including phenoxy) is 2. The zero-order chi connectivity index (χ0) is 18.5. The molecule has 0 bridgehead atoms. The Balaban J connectivity index is 1.50. The average Bonchev–Trinajstić information content (AvgIpc) is 3.17. The first-order valence-electron chi connectivity index (χ1n) is 8.79. The summed E-state index contributed by atoms with van der Waals surface area (Å²) in [5.74, 6) is 0.742. The molecule has 3 aromatic carbocycles. The van der Waals surface area contributed by atoms with Gasteiger partial charge in [0.15, 0.2) is 0 Å². The summed E-state index contributed by atoms with van der Waals surface area (Å²) in [6.07, 6.45) is 1.31. The van der Waals surface area contributed by atoms with Gasteiger partial charge in [-0.2, -0.15) is 0 Å². The van der Waals surface area contributed by atoms with Gasteiger partial charge >= 0.3 is 6.09 Å². The van der Waals surface area contributed by atoms with E-state index in [9.17, 15) is 4.79 Å². The Morgan fingerprint density at radius 1 is 0.741 bits per heavy atom. The maximum absolute atomic E-state index is 12.5. The number of carbonyl (C=O) groups is 1. The molecule has 4 aromatic rings. The van der Waals surface area contributed by atoms with Gasteiger partial charge in [-0.1, -0.05) is 66.7 Å². The van der Waals surface area contributed by atoms with Gasteiger partial charge in [0.25, 0.3) is 0 Å². The zero-order valence-corrected chi connectivity index (χ0v) is 14.7. The zero-order valence-electron chi connectivity index (χ0n) is 14.7. The fraction of sp³-hybridized carbons (Fsp3) is 0.0870. The third kappa shape index (κ3) is 3.85. The second-order valence-electron chi connectivity index (χ2n) is 6.19. The lowest BCUT2D eigenvalue weighted by Gasteiger charge is -2.09. The molecule has 0 aliphatic carbocycles. The summed E-state index contributed by atoms with van der Waals surface area (Å²) < 4.78 is 12.9. The number of nitrogens with zero attached hydrogens (tertiary/aromatic N) is 1. The van der Waals surface area contributed by atoms with Gasteiger partial charge in [-0.3, -0.25) is 4.57 Å². The molecule has 0 saturated heterocycles. The third-order valence-electron chi connectivity index (χ3n) is 4.33. The summed E-state index contributed by atoms with van der Waals surface area (Å²) in [6, 6.07) is 27.2. The molecule has 0 amide bonds. The first-order valence-corrected chi connectivity index (χ1v) is 8.79. The standard InChI is InChI=1S/C23H19NO3/c25-23(27-17-19-10-5-2-6-11-19)24-15-14-20-21(24)12-7-13-22(20)26-16-18-8-3-1-4-9-18/h1-15H,16-17H2. The molecule has 0 spiro atoms. The summed E-state index contributed by atoms with van der Waals surface area (Å²) >= 11 is 0. The van der Waals surface area contributed by atoms with E-state index < -0.39 is 6.09 Å². The van der Waals surface area contributed by atoms with Crippen LogP contribution >= 0.6 is 0 Å². The van der Waals surface area contributed by atoms with E-state index in [1.807, 2.05) is 84.9 Å². The molecule has 0 aliphatic rings. The molecule has 0 fully saturated rings. The fourth-order valence-electron chi connectivity index (χ4n) is 2.95. The van der Waals surface area contributed by atoms with E-state index in [0.29, 0.717) is 6.61 Å². The molecule has 0 aliphatic heterocycles. The Hall–Kier alpha value is -3.53. The van der Waals surface area contributed by atoms with E-state index in [0.717, 1.165) is 27.8 Å². The molecule has 4 heteroatoms. The normalized spacial score (nSPS) is 10.7. The molecule has 0 N–H and O–H groups in total. The summed E-state index contributed by atoms with van der Waals surface area (Å²) in [7, 11) is 0. The highest BCUT2D eigenvalue weighted by atomic mass is 16.5. The minimum Gasteiger partial charge on any atom is -0.488 e. The van der Waals surface area contributed by atoms with Crippen LogP contribution in [0.15, 0.2) is 91.1 Å². The van der Waals surface area contributed by atoms with Gasteiger partial charge in [0, 0.05) is 11.6 Å². The third-order valence-corrected chi connectivity index (χ3v) is 4.33. The van der Waals surface area contributed by atoms with E-state index >= 15 is 0 Å². The van der Waals surface area contributed by atoms with Gasteiger partial charge in [-0.25, -0.2) is 4.79 Å². The lowest BCUT2D eigenvalue weighted by atomic mass is 10.2. The minimum absolute atomic E-state index is 0.240. The molecule has 0 atom stereocenters. The van der Waals surface area contributed by atoms with Crippen LogP contribution in [0.1, 0.15) is 11.1 Å². The largest absolute Gasteiger partial charge is 0.488 e. The highest BCUT2D eigenvalue weighted by Crippen LogP contribution is 2.27. The van der Waals surface area contributed by atoms with Crippen molar-refractivity contribution in [3.8, 4) is 5.75 Å². The van der Waals surface area contributed by atoms with E-state index in [-0.39, 0.29) is 6.61 Å². The highest BCUT2D eigenvalue weighted by molar-refractivity contribution is 5.93. The van der Waals surface area contributed by atoms with Crippen LogP contribution in [0.2, 0.25) is 0 Å². The van der Waals surface area contributed by atoms with Crippen molar-refractivity contribution in [2.75, 3.05) is 0 Å². The summed E-state index contributed by atoms with van der Waals surface area (Å²) in [5, 5.41) is 0.880. The molecule has 0 radical (unpaired) electrons. The number of rotatable bonds is 5. The van der Waals surface area contributed by atoms with Crippen molar-refractivity contribution >= 4 is 17.0 Å². The number of hydrogen-bond donors (Lipinski definition) is 0. The van der Waals surface area contributed by atoms with Crippen LogP contribution in [0, 0.1) is 0 Å². The molecule has 27 heavy (non-hydrogen) atoms. The van der Waals surface area contributed by atoms with Gasteiger partial charge < -0.3 is 9.47 Å². The molecular weight excluding hydrogens is 338 g/mol. The topological polar surface area (TPSA) is 40.5 Å². The van der Waals surface area contributed by atoms with Crippen molar-refractivity contribution in [1.82, 2.24) is 4.57 Å². The first-order chi connectivity index (χ1) is 13.3. The predicted octanol–water partition coefficient (Wildman–Crippen LogP) is 5.41. The molecule has 1 heterocycles. The van der Waals surface area contributed by atoms with Crippen molar-refractivity contribution in [2.24, 2.45) is 0 Å². The molecule has 0 unspecified atom stereocenters. The quantitative estimate of drug-likeness (QED) is 0.480. The molecule has 4 nitrogen and oxygen atoms in total. The maximum atomic E-state index is 12.5. The van der Waals surface area contributed by atoms with Gasteiger partial charge in [-0.15, -0.1) is 0 Å². The smallest absolute Gasteiger partial charge is 0.418 e. The van der Waals surface area contributed by atoms with Crippen LogP contribution in [0.3, 0.4) is 0 Å². The second kappa shape index (κ2) is 7.79. The van der Waals surface area contributed by atoms with Crippen molar-refractivity contribution in [2.45, 2.75) is 13.2 Å². The maximum Gasteiger partial charge on any atom is 0.418 e. The Labute approximate surface area is 157 Å². The Kier molecular flexibility index (Phi) is 4.88. The van der Waals surface area contributed by atoms with Gasteiger partial charge in [0.2, 0.25) is 0 Å². The number of carbonyl (C=O) groups excluding carboxylic acids is 1. The monoisotopic (exact) mass is 357 g/mol. The Morgan fingerprint density at radius 3 is 2.11 bits per heavy atom. The highest BCUT2D eigenvalue weighted by Gasteiger charge is 2.13. The van der Waals surface area contributed by atoms with E-state index in [2.05, 4.69) is 0 Å². The molecule has 4 rings (SSSR count). The molecule has 1 aromatic heterocycles. The minimum atomic E-state index is -0.408. The summed E-state index contributed by atoms with van der Waals surface area (Å²) in [6.45, 7) is 0.715. The van der Waals surface area contributed by atoms with Crippen molar-refractivity contribution in [1.29, 1.82) is 0 Å².